The third-order valence-corrected chi connectivity index (χ3v) is 8.74. The van der Waals surface area contributed by atoms with Crippen LogP contribution in [0.1, 0.15) is 64.5 Å². The van der Waals surface area contributed by atoms with Gasteiger partial charge in [0.25, 0.3) is 0 Å². The Hall–Kier alpha value is -3.83. The molecule has 9 N–H and O–H groups in total. The molecule has 0 saturated carbocycles. The largest absolute Gasteiger partial charge is 0.480 e. The van der Waals surface area contributed by atoms with Gasteiger partial charge in [0.15, 0.2) is 0 Å². The van der Waals surface area contributed by atoms with Gasteiger partial charge in [-0.15, -0.1) is 0 Å². The Morgan fingerprint density at radius 3 is 2.06 bits per heavy atom. The summed E-state index contributed by atoms with van der Waals surface area (Å²) in [5, 5.41) is 24.8. The molecule has 0 aromatic heterocycles. The first-order valence-electron chi connectivity index (χ1n) is 17.7. The molecule has 3 aromatic carbocycles. The quantitative estimate of drug-likeness (QED) is 0.0790. The minimum Gasteiger partial charge on any atom is -0.480 e. The van der Waals surface area contributed by atoms with Crippen LogP contribution in [-0.4, -0.2) is 72.7 Å². The van der Waals surface area contributed by atoms with E-state index in [-0.39, 0.29) is 36.2 Å². The van der Waals surface area contributed by atoms with Crippen molar-refractivity contribution in [1.29, 1.82) is 0 Å². The highest BCUT2D eigenvalue weighted by molar-refractivity contribution is 5.90. The van der Waals surface area contributed by atoms with E-state index in [1.165, 1.54) is 5.39 Å². The van der Waals surface area contributed by atoms with Crippen molar-refractivity contribution in [2.24, 2.45) is 23.3 Å². The second kappa shape index (κ2) is 20.6. The summed E-state index contributed by atoms with van der Waals surface area (Å²) in [6, 6.07) is 21.6. The molecular weight excluding hydrogens is 616 g/mol. The van der Waals surface area contributed by atoms with Gasteiger partial charge in [-0.2, -0.15) is 0 Å². The highest BCUT2D eigenvalue weighted by Crippen LogP contribution is 2.17. The number of hydrogen-bond donors (Lipinski definition) is 7. The van der Waals surface area contributed by atoms with Gasteiger partial charge < -0.3 is 37.8 Å². The average Bonchev–Trinajstić information content (AvgIpc) is 3.06. The van der Waals surface area contributed by atoms with Crippen molar-refractivity contribution in [1.82, 2.24) is 21.3 Å². The third-order valence-electron chi connectivity index (χ3n) is 8.74. The van der Waals surface area contributed by atoms with Crippen molar-refractivity contribution >= 4 is 28.6 Å². The van der Waals surface area contributed by atoms with E-state index in [0.29, 0.717) is 38.8 Å². The Labute approximate surface area is 292 Å². The van der Waals surface area contributed by atoms with Crippen LogP contribution in [0.15, 0.2) is 72.8 Å². The van der Waals surface area contributed by atoms with Crippen molar-refractivity contribution in [3.8, 4) is 0 Å². The zero-order chi connectivity index (χ0) is 35.8. The topological polar surface area (TPSA) is 172 Å². The number of fused-ring (bicyclic) bond motifs is 1. The first-order chi connectivity index (χ1) is 23.5. The molecule has 0 unspecified atom stereocenters. The molecule has 0 spiro atoms. The monoisotopic (exact) mass is 674 g/mol. The van der Waals surface area contributed by atoms with Crippen molar-refractivity contribution in [2.75, 3.05) is 19.6 Å². The number of amides is 2. The Bertz CT molecular complexity index is 1450. The number of carboxylic acid groups (broad SMARTS) is 1. The number of carbonyl (C=O) groups is 3. The zero-order valence-electron chi connectivity index (χ0n) is 29.7. The summed E-state index contributed by atoms with van der Waals surface area (Å²) in [6.07, 6.45) is 3.73. The Morgan fingerprint density at radius 1 is 0.735 bits per heavy atom. The van der Waals surface area contributed by atoms with Gasteiger partial charge in [-0.3, -0.25) is 14.4 Å². The van der Waals surface area contributed by atoms with Crippen LogP contribution >= 0.6 is 0 Å². The molecule has 0 saturated heterocycles. The maximum absolute atomic E-state index is 13.8. The standard InChI is InChI=1S/C39H58N6O4/c1-26(2)20-35(39(48)49)43-25-33(23-28-12-6-5-7-13-28)44-38(47)36(27(3)4)45-37(46)34(16-10-11-19-40)42-24-32(41)22-29-17-18-30-14-8-9-15-31(30)21-29/h5-9,12-15,17-18,21,26-27,32-36,42-43H,10-11,16,19-20,22-25,40-41H2,1-4H3,(H,44,47)(H,45,46)(H,48,49)/t32-,33-,34-,35-,36-/m0/s1. The number of nitrogens with two attached hydrogens (primary N) is 2. The molecule has 268 valence electrons. The number of aliphatic carboxylic acids is 1. The number of carboxylic acids is 1. The Balaban J connectivity index is 1.67. The van der Waals surface area contributed by atoms with E-state index in [4.69, 9.17) is 11.5 Å². The van der Waals surface area contributed by atoms with E-state index in [9.17, 15) is 19.5 Å². The summed E-state index contributed by atoms with van der Waals surface area (Å²) < 4.78 is 0. The molecule has 0 aliphatic carbocycles. The SMILES string of the molecule is CC(C)C[C@H](NC[C@H](Cc1ccccc1)NC(=O)[C@@H](NC(=O)[C@H](CCCCN)NC[C@@H](N)Cc1ccc2ccccc2c1)C(C)C)C(=O)O. The minimum absolute atomic E-state index is 0.191. The molecule has 3 aromatic rings. The maximum Gasteiger partial charge on any atom is 0.320 e. The lowest BCUT2D eigenvalue weighted by Crippen LogP contribution is -2.58. The number of hydrogen-bond acceptors (Lipinski definition) is 7. The van der Waals surface area contributed by atoms with Crippen LogP contribution in [0.4, 0.5) is 0 Å². The van der Waals surface area contributed by atoms with Gasteiger partial charge in [-0.1, -0.05) is 107 Å². The smallest absolute Gasteiger partial charge is 0.320 e. The average molecular weight is 675 g/mol. The number of benzene rings is 3. The first-order valence-corrected chi connectivity index (χ1v) is 17.7. The van der Waals surface area contributed by atoms with Crippen LogP contribution in [0.5, 0.6) is 0 Å². The lowest BCUT2D eigenvalue weighted by Gasteiger charge is -2.29. The summed E-state index contributed by atoms with van der Waals surface area (Å²) in [7, 11) is 0. The fraction of sp³-hybridized carbons (Fsp3) is 0.513. The minimum atomic E-state index is -0.920. The van der Waals surface area contributed by atoms with Crippen LogP contribution in [-0.2, 0) is 27.2 Å². The second-order valence-corrected chi connectivity index (χ2v) is 13.9. The molecule has 0 fully saturated rings. The molecule has 0 radical (unpaired) electrons. The van der Waals surface area contributed by atoms with Crippen molar-refractivity contribution in [3.63, 3.8) is 0 Å². The highest BCUT2D eigenvalue weighted by Gasteiger charge is 2.30. The first kappa shape index (κ1) is 39.6. The predicted molar refractivity (Wildman–Crippen MR) is 198 cm³/mol. The molecule has 0 aliphatic rings. The van der Waals surface area contributed by atoms with Gasteiger partial charge in [0.05, 0.1) is 6.04 Å². The molecule has 5 atom stereocenters. The van der Waals surface area contributed by atoms with Gasteiger partial charge >= 0.3 is 5.97 Å². The third kappa shape index (κ3) is 13.9. The van der Waals surface area contributed by atoms with Crippen LogP contribution in [0, 0.1) is 11.8 Å². The van der Waals surface area contributed by atoms with Crippen LogP contribution in [0.2, 0.25) is 0 Å². The number of carbonyl (C=O) groups excluding carboxylic acids is 2. The van der Waals surface area contributed by atoms with Gasteiger partial charge in [0.2, 0.25) is 11.8 Å². The summed E-state index contributed by atoms with van der Waals surface area (Å²) in [5.41, 5.74) is 14.4. The molecule has 10 nitrogen and oxygen atoms in total. The maximum atomic E-state index is 13.8. The van der Waals surface area contributed by atoms with E-state index in [0.717, 1.165) is 29.4 Å². The Kier molecular flexibility index (Phi) is 16.7. The molecule has 0 aliphatic heterocycles. The van der Waals surface area contributed by atoms with Crippen LogP contribution < -0.4 is 32.7 Å². The fourth-order valence-electron chi connectivity index (χ4n) is 6.03. The van der Waals surface area contributed by atoms with E-state index >= 15 is 0 Å². The highest BCUT2D eigenvalue weighted by atomic mass is 16.4. The second-order valence-electron chi connectivity index (χ2n) is 13.9. The van der Waals surface area contributed by atoms with Gasteiger partial charge in [-0.05, 0) is 72.4 Å². The number of nitrogens with one attached hydrogen (secondary N) is 4. The van der Waals surface area contributed by atoms with E-state index in [2.05, 4.69) is 51.6 Å². The molecule has 49 heavy (non-hydrogen) atoms. The van der Waals surface area contributed by atoms with Gasteiger partial charge in [-0.25, -0.2) is 0 Å². The van der Waals surface area contributed by atoms with E-state index in [1.54, 1.807) is 0 Å². The predicted octanol–water partition coefficient (Wildman–Crippen LogP) is 3.75. The Morgan fingerprint density at radius 2 is 1.41 bits per heavy atom. The van der Waals surface area contributed by atoms with Crippen molar-refractivity contribution < 1.29 is 19.5 Å². The molecule has 0 heterocycles. The summed E-state index contributed by atoms with van der Waals surface area (Å²) >= 11 is 0. The summed E-state index contributed by atoms with van der Waals surface area (Å²) in [4.78, 5) is 39.5. The van der Waals surface area contributed by atoms with E-state index in [1.807, 2.05) is 70.2 Å². The molecule has 2 amide bonds. The number of unbranched alkanes of at least 4 members (excludes halogenated alkanes) is 1. The molecule has 10 heteroatoms. The molecule has 0 bridgehead atoms. The lowest BCUT2D eigenvalue weighted by atomic mass is 9.99. The van der Waals surface area contributed by atoms with Crippen LogP contribution in [0.3, 0.4) is 0 Å². The fourth-order valence-corrected chi connectivity index (χ4v) is 6.03. The zero-order valence-corrected chi connectivity index (χ0v) is 29.7. The van der Waals surface area contributed by atoms with E-state index < -0.39 is 30.1 Å². The lowest BCUT2D eigenvalue weighted by molar-refractivity contribution is -0.140. The summed E-state index contributed by atoms with van der Waals surface area (Å²) in [5.74, 6) is -1.49. The van der Waals surface area contributed by atoms with Crippen molar-refractivity contribution in [2.45, 2.75) is 96.4 Å². The molecular formula is C39H58N6O4. The summed E-state index contributed by atoms with van der Waals surface area (Å²) in [6.45, 7) is 8.98. The normalized spacial score (nSPS) is 14.7. The van der Waals surface area contributed by atoms with Gasteiger partial charge in [0.1, 0.15) is 12.1 Å². The van der Waals surface area contributed by atoms with Gasteiger partial charge in [0, 0.05) is 25.2 Å². The van der Waals surface area contributed by atoms with Crippen molar-refractivity contribution in [3.05, 3.63) is 83.9 Å². The molecule has 3 rings (SSSR count). The number of rotatable bonds is 22. The van der Waals surface area contributed by atoms with Crippen LogP contribution in [0.25, 0.3) is 10.8 Å².